The van der Waals surface area contributed by atoms with Crippen LogP contribution in [0.3, 0.4) is 0 Å². The Morgan fingerprint density at radius 2 is 2.05 bits per heavy atom. The van der Waals surface area contributed by atoms with E-state index in [1.807, 2.05) is 39.9 Å². The fourth-order valence-electron chi connectivity index (χ4n) is 2.60. The highest BCUT2D eigenvalue weighted by molar-refractivity contribution is 9.10. The third-order valence-corrected chi connectivity index (χ3v) is 4.30. The number of hydrogen-bond acceptors (Lipinski definition) is 1. The van der Waals surface area contributed by atoms with Gasteiger partial charge in [0.25, 0.3) is 5.91 Å². The van der Waals surface area contributed by atoms with E-state index in [4.69, 9.17) is 0 Å². The van der Waals surface area contributed by atoms with Crippen molar-refractivity contribution in [3.63, 3.8) is 0 Å². The Kier molecular flexibility index (Phi) is 4.15. The normalized spacial score (nSPS) is 14.2. The lowest BCUT2D eigenvalue weighted by Crippen LogP contribution is -2.33. The monoisotopic (exact) mass is 346 g/mol. The lowest BCUT2D eigenvalue weighted by atomic mass is 10.2. The van der Waals surface area contributed by atoms with E-state index in [9.17, 15) is 4.79 Å². The molecular formula is C17H19BrN2O. The minimum atomic E-state index is 0.133. The number of carbonyl (C=O) groups is 1. The number of amides is 1. The number of aryl methyl sites for hydroxylation is 1. The van der Waals surface area contributed by atoms with E-state index in [1.165, 1.54) is 5.56 Å². The topological polar surface area (TPSA) is 25.2 Å². The predicted octanol–water partition coefficient (Wildman–Crippen LogP) is 4.08. The zero-order valence-corrected chi connectivity index (χ0v) is 13.7. The Morgan fingerprint density at radius 3 is 2.67 bits per heavy atom. The second kappa shape index (κ2) is 6.06. The van der Waals surface area contributed by atoms with Gasteiger partial charge in [-0.05, 0) is 47.3 Å². The van der Waals surface area contributed by atoms with Crippen molar-refractivity contribution < 1.29 is 4.79 Å². The van der Waals surface area contributed by atoms with E-state index in [0.717, 1.165) is 29.6 Å². The highest BCUT2D eigenvalue weighted by Gasteiger charge is 2.34. The zero-order chi connectivity index (χ0) is 14.8. The van der Waals surface area contributed by atoms with Crippen molar-refractivity contribution in [1.29, 1.82) is 0 Å². The van der Waals surface area contributed by atoms with Gasteiger partial charge in [0.1, 0.15) is 5.69 Å². The van der Waals surface area contributed by atoms with Crippen LogP contribution in [-0.2, 0) is 13.1 Å². The summed E-state index contributed by atoms with van der Waals surface area (Å²) in [5.74, 6) is 0.133. The van der Waals surface area contributed by atoms with Gasteiger partial charge >= 0.3 is 0 Å². The molecule has 0 unspecified atom stereocenters. The van der Waals surface area contributed by atoms with Gasteiger partial charge in [0.15, 0.2) is 0 Å². The van der Waals surface area contributed by atoms with Crippen LogP contribution in [0.5, 0.6) is 0 Å². The molecule has 21 heavy (non-hydrogen) atoms. The largest absolute Gasteiger partial charge is 0.343 e. The minimum absolute atomic E-state index is 0.133. The van der Waals surface area contributed by atoms with Gasteiger partial charge in [0, 0.05) is 29.8 Å². The lowest BCUT2D eigenvalue weighted by Gasteiger charge is -2.23. The molecule has 0 N–H and O–H groups in total. The maximum absolute atomic E-state index is 12.9. The smallest absolute Gasteiger partial charge is 0.271 e. The predicted molar refractivity (Wildman–Crippen MR) is 87.1 cm³/mol. The Labute approximate surface area is 133 Å². The first-order chi connectivity index (χ1) is 10.2. The third kappa shape index (κ3) is 3.21. The number of benzene rings is 1. The maximum atomic E-state index is 12.9. The standard InChI is InChI=1S/C17H19BrN2O/c1-2-19-12-14(18)10-16(19)17(21)20(15-8-9-15)11-13-6-4-3-5-7-13/h3-7,10,12,15H,2,8-9,11H2,1H3. The number of nitrogens with zero attached hydrogens (tertiary/aromatic N) is 2. The van der Waals surface area contributed by atoms with Crippen LogP contribution in [0.1, 0.15) is 35.8 Å². The fraction of sp³-hybridized carbons (Fsp3) is 0.353. The van der Waals surface area contributed by atoms with Crippen molar-refractivity contribution >= 4 is 21.8 Å². The molecule has 3 nitrogen and oxygen atoms in total. The van der Waals surface area contributed by atoms with Crippen molar-refractivity contribution in [2.24, 2.45) is 0 Å². The summed E-state index contributed by atoms with van der Waals surface area (Å²) in [5, 5.41) is 0. The molecule has 1 amide bonds. The van der Waals surface area contributed by atoms with Gasteiger partial charge < -0.3 is 9.47 Å². The fourth-order valence-corrected chi connectivity index (χ4v) is 3.06. The van der Waals surface area contributed by atoms with Crippen molar-refractivity contribution in [3.05, 3.63) is 58.3 Å². The number of halogens is 1. The van der Waals surface area contributed by atoms with Crippen molar-refractivity contribution in [2.75, 3.05) is 0 Å². The maximum Gasteiger partial charge on any atom is 0.271 e. The van der Waals surface area contributed by atoms with Crippen LogP contribution in [0.2, 0.25) is 0 Å². The molecular weight excluding hydrogens is 328 g/mol. The second-order valence-corrected chi connectivity index (χ2v) is 6.40. The summed E-state index contributed by atoms with van der Waals surface area (Å²) in [6.07, 6.45) is 4.21. The van der Waals surface area contributed by atoms with Gasteiger partial charge in [-0.3, -0.25) is 4.79 Å². The molecule has 0 aliphatic heterocycles. The van der Waals surface area contributed by atoms with E-state index in [-0.39, 0.29) is 5.91 Å². The van der Waals surface area contributed by atoms with Gasteiger partial charge in [-0.2, -0.15) is 0 Å². The SMILES string of the molecule is CCn1cc(Br)cc1C(=O)N(Cc1ccccc1)C1CC1. The highest BCUT2D eigenvalue weighted by atomic mass is 79.9. The average Bonchev–Trinajstić information content (AvgIpc) is 3.27. The first-order valence-corrected chi connectivity index (χ1v) is 8.19. The molecule has 110 valence electrons. The Balaban J connectivity index is 1.85. The molecule has 3 rings (SSSR count). The molecule has 1 aromatic carbocycles. The second-order valence-electron chi connectivity index (χ2n) is 5.48. The van der Waals surface area contributed by atoms with Gasteiger partial charge in [-0.1, -0.05) is 30.3 Å². The molecule has 0 spiro atoms. The minimum Gasteiger partial charge on any atom is -0.343 e. The van der Waals surface area contributed by atoms with Crippen LogP contribution in [0, 0.1) is 0 Å². The van der Waals surface area contributed by atoms with Crippen molar-refractivity contribution in [2.45, 2.75) is 38.9 Å². The number of carbonyl (C=O) groups excluding carboxylic acids is 1. The van der Waals surface area contributed by atoms with E-state index < -0.39 is 0 Å². The highest BCUT2D eigenvalue weighted by Crippen LogP contribution is 2.30. The van der Waals surface area contributed by atoms with Crippen LogP contribution in [0.4, 0.5) is 0 Å². The molecule has 1 fully saturated rings. The summed E-state index contributed by atoms with van der Waals surface area (Å²) in [6, 6.07) is 12.5. The zero-order valence-electron chi connectivity index (χ0n) is 12.1. The van der Waals surface area contributed by atoms with E-state index >= 15 is 0 Å². The molecule has 0 saturated heterocycles. The van der Waals surface area contributed by atoms with E-state index in [2.05, 4.69) is 35.0 Å². The Morgan fingerprint density at radius 1 is 1.33 bits per heavy atom. The number of rotatable bonds is 5. The molecule has 0 radical (unpaired) electrons. The van der Waals surface area contributed by atoms with Gasteiger partial charge in [-0.15, -0.1) is 0 Å². The summed E-state index contributed by atoms with van der Waals surface area (Å²) in [6.45, 7) is 3.55. The summed E-state index contributed by atoms with van der Waals surface area (Å²) in [4.78, 5) is 14.9. The Hall–Kier alpha value is -1.55. The molecule has 1 aliphatic rings. The molecule has 4 heteroatoms. The molecule has 0 atom stereocenters. The van der Waals surface area contributed by atoms with Crippen LogP contribution >= 0.6 is 15.9 Å². The van der Waals surface area contributed by atoms with Crippen LogP contribution in [0.15, 0.2) is 47.1 Å². The van der Waals surface area contributed by atoms with Crippen LogP contribution in [-0.4, -0.2) is 21.4 Å². The summed E-state index contributed by atoms with van der Waals surface area (Å²) < 4.78 is 2.97. The molecule has 1 saturated carbocycles. The van der Waals surface area contributed by atoms with Gasteiger partial charge in [0.05, 0.1) is 0 Å². The molecule has 1 aromatic heterocycles. The van der Waals surface area contributed by atoms with Gasteiger partial charge in [0.2, 0.25) is 0 Å². The van der Waals surface area contributed by atoms with Crippen molar-refractivity contribution in [3.8, 4) is 0 Å². The van der Waals surface area contributed by atoms with Crippen LogP contribution in [0.25, 0.3) is 0 Å². The van der Waals surface area contributed by atoms with E-state index in [1.54, 1.807) is 0 Å². The summed E-state index contributed by atoms with van der Waals surface area (Å²) >= 11 is 3.47. The quantitative estimate of drug-likeness (QED) is 0.800. The van der Waals surface area contributed by atoms with E-state index in [0.29, 0.717) is 12.6 Å². The molecule has 1 heterocycles. The first kappa shape index (κ1) is 14.4. The molecule has 1 aliphatic carbocycles. The summed E-state index contributed by atoms with van der Waals surface area (Å²) in [5.41, 5.74) is 1.96. The molecule has 0 bridgehead atoms. The van der Waals surface area contributed by atoms with Crippen LogP contribution < -0.4 is 0 Å². The lowest BCUT2D eigenvalue weighted by molar-refractivity contribution is 0.0719. The third-order valence-electron chi connectivity index (χ3n) is 3.87. The number of aromatic nitrogens is 1. The molecule has 2 aromatic rings. The first-order valence-electron chi connectivity index (χ1n) is 7.39. The number of hydrogen-bond donors (Lipinski definition) is 0. The summed E-state index contributed by atoms with van der Waals surface area (Å²) in [7, 11) is 0. The average molecular weight is 347 g/mol. The van der Waals surface area contributed by atoms with Crippen molar-refractivity contribution in [1.82, 2.24) is 9.47 Å². The van der Waals surface area contributed by atoms with Gasteiger partial charge in [-0.25, -0.2) is 0 Å². The Bertz CT molecular complexity index is 631.